The number of para-hydroxylation sites is 1. The Hall–Kier alpha value is -3.34. The highest BCUT2D eigenvalue weighted by atomic mass is 32.2. The molecule has 0 spiro atoms. The number of benzene rings is 2. The maximum Gasteiger partial charge on any atom is 0.225 e. The smallest absolute Gasteiger partial charge is 0.225 e. The van der Waals surface area contributed by atoms with Crippen molar-refractivity contribution in [1.29, 1.82) is 0 Å². The molecule has 212 valence electrons. The Morgan fingerprint density at radius 2 is 1.80 bits per heavy atom. The normalized spacial score (nSPS) is 17.4. The molecule has 40 heavy (non-hydrogen) atoms. The van der Waals surface area contributed by atoms with Crippen LogP contribution in [-0.4, -0.2) is 73.8 Å². The molecule has 0 atom stereocenters. The van der Waals surface area contributed by atoms with Crippen molar-refractivity contribution in [2.75, 3.05) is 38.7 Å². The summed E-state index contributed by atoms with van der Waals surface area (Å²) in [5, 5.41) is 10.3. The summed E-state index contributed by atoms with van der Waals surface area (Å²) in [5.74, 6) is -0.355. The van der Waals surface area contributed by atoms with Gasteiger partial charge in [-0.15, -0.1) is 0 Å². The highest BCUT2D eigenvalue weighted by molar-refractivity contribution is 7.91. The molecule has 0 radical (unpaired) electrons. The minimum Gasteiger partial charge on any atom is -0.489 e. The van der Waals surface area contributed by atoms with Gasteiger partial charge in [0.1, 0.15) is 19.0 Å². The lowest BCUT2D eigenvalue weighted by Gasteiger charge is -2.51. The molecule has 3 heterocycles. The highest BCUT2D eigenvalue weighted by Gasteiger charge is 2.50. The molecule has 1 amide bonds. The molecule has 3 aromatic rings. The summed E-state index contributed by atoms with van der Waals surface area (Å²) >= 11 is 0. The van der Waals surface area contributed by atoms with Crippen LogP contribution in [0.25, 0.3) is 10.9 Å². The fraction of sp³-hybridized carbons (Fsp3) is 0.433. The van der Waals surface area contributed by atoms with E-state index < -0.39 is 27.6 Å². The second kappa shape index (κ2) is 11.6. The molecular weight excluding hydrogens is 532 g/mol. The van der Waals surface area contributed by atoms with Crippen LogP contribution in [0.2, 0.25) is 0 Å². The first-order chi connectivity index (χ1) is 19.2. The first-order valence-electron chi connectivity index (χ1n) is 13.5. The number of Topliss-reactive ketones (excluding diaryl/α,β-unsaturated/α-hetero) is 1. The van der Waals surface area contributed by atoms with Gasteiger partial charge in [-0.1, -0.05) is 18.2 Å². The number of aryl methyl sites for hydroxylation is 1. The Balaban J connectivity index is 1.26. The molecule has 2 aliphatic heterocycles. The number of aliphatic hydroxyl groups excluding tert-OH is 1. The SMILES string of the molecule is Cc1cc(COc2ccc(S(=O)(=O)CC3(CC(=O)CO)CN(C(=O)C4CCOCC4)C3)cc2)c2ccccc2n1. The van der Waals surface area contributed by atoms with E-state index in [-0.39, 0.29) is 42.0 Å². The van der Waals surface area contributed by atoms with Crippen LogP contribution in [-0.2, 0) is 30.8 Å². The molecule has 0 unspecified atom stereocenters. The summed E-state index contributed by atoms with van der Waals surface area (Å²) in [6.45, 7) is 2.99. The third-order valence-electron chi connectivity index (χ3n) is 7.69. The summed E-state index contributed by atoms with van der Waals surface area (Å²) in [4.78, 5) is 31.4. The molecule has 2 aliphatic rings. The van der Waals surface area contributed by atoms with Gasteiger partial charge in [0, 0.05) is 60.7 Å². The number of aliphatic hydroxyl groups is 1. The quantitative estimate of drug-likeness (QED) is 0.397. The van der Waals surface area contributed by atoms with Crippen LogP contribution >= 0.6 is 0 Å². The van der Waals surface area contributed by atoms with E-state index in [1.54, 1.807) is 17.0 Å². The number of rotatable bonds is 10. The zero-order chi connectivity index (χ0) is 28.3. The van der Waals surface area contributed by atoms with Gasteiger partial charge in [-0.25, -0.2) is 8.42 Å². The minimum atomic E-state index is -3.78. The van der Waals surface area contributed by atoms with E-state index in [1.807, 2.05) is 37.3 Å². The Morgan fingerprint density at radius 3 is 2.50 bits per heavy atom. The van der Waals surface area contributed by atoms with Gasteiger partial charge in [-0.2, -0.15) is 0 Å². The van der Waals surface area contributed by atoms with Crippen LogP contribution in [0.4, 0.5) is 0 Å². The Morgan fingerprint density at radius 1 is 1.10 bits per heavy atom. The Bertz CT molecular complexity index is 1490. The summed E-state index contributed by atoms with van der Waals surface area (Å²) in [5.41, 5.74) is 1.84. The number of ether oxygens (including phenoxy) is 2. The fourth-order valence-electron chi connectivity index (χ4n) is 5.76. The van der Waals surface area contributed by atoms with Crippen molar-refractivity contribution in [1.82, 2.24) is 9.88 Å². The Kier molecular flexibility index (Phi) is 8.21. The maximum atomic E-state index is 13.4. The summed E-state index contributed by atoms with van der Waals surface area (Å²) < 4.78 is 38.2. The number of pyridine rings is 1. The predicted octanol–water partition coefficient (Wildman–Crippen LogP) is 3.10. The topological polar surface area (TPSA) is 123 Å². The van der Waals surface area contributed by atoms with Gasteiger partial charge in [0.25, 0.3) is 0 Å². The van der Waals surface area contributed by atoms with Crippen molar-refractivity contribution in [2.45, 2.75) is 37.7 Å². The first-order valence-corrected chi connectivity index (χ1v) is 15.1. The van der Waals surface area contributed by atoms with Crippen molar-refractivity contribution in [2.24, 2.45) is 11.3 Å². The van der Waals surface area contributed by atoms with E-state index in [2.05, 4.69) is 4.98 Å². The van der Waals surface area contributed by atoms with E-state index in [4.69, 9.17) is 9.47 Å². The van der Waals surface area contributed by atoms with Gasteiger partial charge >= 0.3 is 0 Å². The third kappa shape index (κ3) is 6.19. The number of nitrogens with zero attached hydrogens (tertiary/aromatic N) is 2. The van der Waals surface area contributed by atoms with Gasteiger partial charge in [0.2, 0.25) is 5.91 Å². The number of likely N-dealkylation sites (tertiary alicyclic amines) is 1. The van der Waals surface area contributed by atoms with E-state index >= 15 is 0 Å². The maximum absolute atomic E-state index is 13.4. The number of fused-ring (bicyclic) bond motifs is 1. The number of amides is 1. The molecule has 0 saturated carbocycles. The van der Waals surface area contributed by atoms with Gasteiger partial charge < -0.3 is 19.5 Å². The molecule has 0 bridgehead atoms. The average Bonchev–Trinajstić information content (AvgIpc) is 2.94. The largest absolute Gasteiger partial charge is 0.489 e. The van der Waals surface area contributed by atoms with Crippen molar-refractivity contribution >= 4 is 32.4 Å². The van der Waals surface area contributed by atoms with Crippen molar-refractivity contribution in [3.05, 3.63) is 65.9 Å². The molecule has 2 aromatic carbocycles. The van der Waals surface area contributed by atoms with Gasteiger partial charge in [0.15, 0.2) is 15.6 Å². The predicted molar refractivity (Wildman–Crippen MR) is 149 cm³/mol. The number of hydrogen-bond donors (Lipinski definition) is 1. The molecule has 5 rings (SSSR count). The molecule has 2 fully saturated rings. The van der Waals surface area contributed by atoms with Crippen LogP contribution in [0.5, 0.6) is 5.75 Å². The van der Waals surface area contributed by atoms with Crippen molar-refractivity contribution in [3.8, 4) is 5.75 Å². The van der Waals surface area contributed by atoms with E-state index in [9.17, 15) is 23.1 Å². The fourth-order valence-corrected chi connectivity index (χ4v) is 7.56. The van der Waals surface area contributed by atoms with E-state index in [0.29, 0.717) is 38.4 Å². The monoisotopic (exact) mass is 566 g/mol. The molecule has 2 saturated heterocycles. The van der Waals surface area contributed by atoms with Crippen LogP contribution in [0.3, 0.4) is 0 Å². The summed E-state index contributed by atoms with van der Waals surface area (Å²) in [6, 6.07) is 16.1. The van der Waals surface area contributed by atoms with Gasteiger partial charge in [-0.3, -0.25) is 14.6 Å². The van der Waals surface area contributed by atoms with Crippen LogP contribution in [0.1, 0.15) is 30.5 Å². The standard InChI is InChI=1S/C30H34N2O7S/c1-21-14-23(27-4-2-3-5-28(27)31-21)17-39-25-6-8-26(9-7-25)40(36,37)20-30(15-24(34)16-33)18-32(19-30)29(35)22-10-12-38-13-11-22/h2-9,14,22,33H,10-13,15-20H2,1H3. The number of carbonyl (C=O) groups excluding carboxylic acids is 2. The van der Waals surface area contributed by atoms with Crippen LogP contribution < -0.4 is 4.74 Å². The molecule has 1 aromatic heterocycles. The number of carbonyl (C=O) groups is 2. The molecule has 0 aliphatic carbocycles. The molecule has 10 heteroatoms. The summed E-state index contributed by atoms with van der Waals surface area (Å²) in [6.07, 6.45) is 1.18. The number of ketones is 1. The number of hydrogen-bond acceptors (Lipinski definition) is 8. The van der Waals surface area contributed by atoms with Crippen LogP contribution in [0, 0.1) is 18.3 Å². The van der Waals surface area contributed by atoms with Gasteiger partial charge in [-0.05, 0) is 56.2 Å². The second-order valence-electron chi connectivity index (χ2n) is 10.9. The second-order valence-corrected chi connectivity index (χ2v) is 12.9. The summed E-state index contributed by atoms with van der Waals surface area (Å²) in [7, 11) is -3.78. The van der Waals surface area contributed by atoms with Crippen molar-refractivity contribution in [3.63, 3.8) is 0 Å². The molecular formula is C30H34N2O7S. The number of sulfone groups is 1. The van der Waals surface area contributed by atoms with E-state index in [0.717, 1.165) is 22.2 Å². The number of aromatic nitrogens is 1. The van der Waals surface area contributed by atoms with Crippen molar-refractivity contribution < 1.29 is 32.6 Å². The first kappa shape index (κ1) is 28.2. The lowest BCUT2D eigenvalue weighted by molar-refractivity contribution is -0.152. The molecule has 9 nitrogen and oxygen atoms in total. The minimum absolute atomic E-state index is 0.0218. The van der Waals surface area contributed by atoms with Crippen LogP contribution in [0.15, 0.2) is 59.5 Å². The average molecular weight is 567 g/mol. The lowest BCUT2D eigenvalue weighted by atomic mass is 9.76. The highest BCUT2D eigenvalue weighted by Crippen LogP contribution is 2.39. The zero-order valence-corrected chi connectivity index (χ0v) is 23.4. The lowest BCUT2D eigenvalue weighted by Crippen LogP contribution is -2.63. The Labute approximate surface area is 234 Å². The zero-order valence-electron chi connectivity index (χ0n) is 22.5. The van der Waals surface area contributed by atoms with E-state index in [1.165, 1.54) is 12.1 Å². The van der Waals surface area contributed by atoms with Gasteiger partial charge in [0.05, 0.1) is 16.2 Å². The molecule has 1 N–H and O–H groups in total. The third-order valence-corrected chi connectivity index (χ3v) is 9.67.